The van der Waals surface area contributed by atoms with E-state index in [-0.39, 0.29) is 28.3 Å². The molecule has 0 atom stereocenters. The van der Waals surface area contributed by atoms with E-state index >= 15 is 4.39 Å². The van der Waals surface area contributed by atoms with Gasteiger partial charge in [0, 0.05) is 24.1 Å². The van der Waals surface area contributed by atoms with Gasteiger partial charge >= 0.3 is 5.97 Å². The molecule has 10 heteroatoms. The Morgan fingerprint density at radius 3 is 2.49 bits per heavy atom. The van der Waals surface area contributed by atoms with Crippen LogP contribution in [0, 0.1) is 5.82 Å². The summed E-state index contributed by atoms with van der Waals surface area (Å²) >= 11 is 0. The average molecular weight is 504 g/mol. The largest absolute Gasteiger partial charge is 0.497 e. The number of carbonyl (C=O) groups is 3. The lowest BCUT2D eigenvalue weighted by molar-refractivity contribution is 0.0696. The minimum absolute atomic E-state index is 0.0417. The Hall–Kier alpha value is -4.86. The summed E-state index contributed by atoms with van der Waals surface area (Å²) in [6.45, 7) is 2.06. The SMILES string of the molecule is COc1ccc2c(c1)c(C(=O)Nc1cc(C(=O)O)cc(-c3ccc4c(c3)OCCO4)c1F)cn2C(C)=O. The highest BCUT2D eigenvalue weighted by Crippen LogP contribution is 2.37. The van der Waals surface area contributed by atoms with Gasteiger partial charge in [-0.3, -0.25) is 14.2 Å². The number of hydrogen-bond donors (Lipinski definition) is 2. The van der Waals surface area contributed by atoms with Crippen molar-refractivity contribution in [1.29, 1.82) is 0 Å². The van der Waals surface area contributed by atoms with Gasteiger partial charge in [-0.1, -0.05) is 6.07 Å². The molecule has 188 valence electrons. The Kier molecular flexibility index (Phi) is 6.00. The smallest absolute Gasteiger partial charge is 0.335 e. The van der Waals surface area contributed by atoms with Crippen LogP contribution in [0.4, 0.5) is 10.1 Å². The van der Waals surface area contributed by atoms with Crippen LogP contribution in [0.3, 0.4) is 0 Å². The van der Waals surface area contributed by atoms with Crippen molar-refractivity contribution in [3.63, 3.8) is 0 Å². The van der Waals surface area contributed by atoms with Crippen molar-refractivity contribution < 1.29 is 38.1 Å². The first-order valence-electron chi connectivity index (χ1n) is 11.2. The molecular formula is C27H21FN2O7. The van der Waals surface area contributed by atoms with Gasteiger partial charge in [0.25, 0.3) is 5.91 Å². The number of rotatable bonds is 5. The third-order valence-electron chi connectivity index (χ3n) is 6.02. The summed E-state index contributed by atoms with van der Waals surface area (Å²) in [5.41, 5.74) is 0.300. The maximum Gasteiger partial charge on any atom is 0.335 e. The van der Waals surface area contributed by atoms with E-state index in [2.05, 4.69) is 5.32 Å². The van der Waals surface area contributed by atoms with Gasteiger partial charge in [-0.25, -0.2) is 9.18 Å². The van der Waals surface area contributed by atoms with E-state index in [1.807, 2.05) is 0 Å². The van der Waals surface area contributed by atoms with Crippen LogP contribution in [0.2, 0.25) is 0 Å². The number of carboxylic acids is 1. The number of nitrogens with zero attached hydrogens (tertiary/aromatic N) is 1. The van der Waals surface area contributed by atoms with E-state index in [0.717, 1.165) is 6.07 Å². The van der Waals surface area contributed by atoms with Gasteiger partial charge in [0.15, 0.2) is 17.3 Å². The summed E-state index contributed by atoms with van der Waals surface area (Å²) in [5.74, 6) is -1.82. The number of halogens is 1. The topological polar surface area (TPSA) is 116 Å². The van der Waals surface area contributed by atoms with E-state index in [9.17, 15) is 19.5 Å². The van der Waals surface area contributed by atoms with Gasteiger partial charge in [0.2, 0.25) is 5.91 Å². The zero-order valence-corrected chi connectivity index (χ0v) is 19.8. The Morgan fingerprint density at radius 2 is 1.78 bits per heavy atom. The van der Waals surface area contributed by atoms with Crippen molar-refractivity contribution in [2.24, 2.45) is 0 Å². The van der Waals surface area contributed by atoms with Gasteiger partial charge in [-0.2, -0.15) is 0 Å². The molecule has 0 aliphatic carbocycles. The highest BCUT2D eigenvalue weighted by atomic mass is 19.1. The van der Waals surface area contributed by atoms with Gasteiger partial charge in [0.05, 0.1) is 29.4 Å². The summed E-state index contributed by atoms with van der Waals surface area (Å²) in [7, 11) is 1.47. The van der Waals surface area contributed by atoms with Crippen LogP contribution >= 0.6 is 0 Å². The number of methoxy groups -OCH3 is 1. The van der Waals surface area contributed by atoms with Crippen LogP contribution in [0.15, 0.2) is 54.7 Å². The first-order chi connectivity index (χ1) is 17.8. The second-order valence-corrected chi connectivity index (χ2v) is 8.32. The lowest BCUT2D eigenvalue weighted by Crippen LogP contribution is -2.15. The molecule has 0 radical (unpaired) electrons. The van der Waals surface area contributed by atoms with Crippen molar-refractivity contribution in [2.45, 2.75) is 6.92 Å². The van der Waals surface area contributed by atoms with E-state index in [0.29, 0.717) is 46.9 Å². The number of nitrogens with one attached hydrogen (secondary N) is 1. The molecule has 1 aromatic heterocycles. The number of anilines is 1. The quantitative estimate of drug-likeness (QED) is 0.400. The molecule has 2 N–H and O–H groups in total. The Bertz CT molecular complexity index is 1590. The third kappa shape index (κ3) is 4.33. The zero-order chi connectivity index (χ0) is 26.3. The van der Waals surface area contributed by atoms with Crippen LogP contribution in [0.5, 0.6) is 17.2 Å². The van der Waals surface area contributed by atoms with Crippen LogP contribution in [0.25, 0.3) is 22.0 Å². The molecule has 37 heavy (non-hydrogen) atoms. The maximum atomic E-state index is 15.7. The third-order valence-corrected chi connectivity index (χ3v) is 6.02. The molecule has 2 heterocycles. The molecule has 0 unspecified atom stereocenters. The van der Waals surface area contributed by atoms with Gasteiger partial charge in [-0.15, -0.1) is 0 Å². The van der Waals surface area contributed by atoms with Crippen molar-refractivity contribution in [2.75, 3.05) is 25.6 Å². The molecular weight excluding hydrogens is 483 g/mol. The minimum atomic E-state index is -1.30. The standard InChI is InChI=1S/C27H21FN2O7/c1-14(31)30-13-20(19-12-17(35-2)4-5-22(19)30)26(32)29-21-10-16(27(33)34)9-18(25(21)28)15-3-6-23-24(11-15)37-8-7-36-23/h3-6,9-13H,7-8H2,1-2H3,(H,29,32)(H,33,34). The number of carboxylic acid groups (broad SMARTS) is 1. The predicted molar refractivity (Wildman–Crippen MR) is 133 cm³/mol. The zero-order valence-electron chi connectivity index (χ0n) is 19.8. The van der Waals surface area contributed by atoms with E-state index in [1.54, 1.807) is 36.4 Å². The molecule has 0 bridgehead atoms. The lowest BCUT2D eigenvalue weighted by Gasteiger charge is -2.19. The predicted octanol–water partition coefficient (Wildman–Crippen LogP) is 4.84. The molecule has 0 fully saturated rings. The fourth-order valence-electron chi connectivity index (χ4n) is 4.23. The van der Waals surface area contributed by atoms with E-state index in [4.69, 9.17) is 14.2 Å². The van der Waals surface area contributed by atoms with E-state index in [1.165, 1.54) is 30.9 Å². The number of amides is 1. The minimum Gasteiger partial charge on any atom is -0.497 e. The molecule has 9 nitrogen and oxygen atoms in total. The molecule has 5 rings (SSSR count). The Labute approximate surface area is 210 Å². The first-order valence-corrected chi connectivity index (χ1v) is 11.2. The summed E-state index contributed by atoms with van der Waals surface area (Å²) in [6.07, 6.45) is 1.35. The molecule has 1 aliphatic heterocycles. The average Bonchev–Trinajstić information content (AvgIpc) is 3.28. The summed E-state index contributed by atoms with van der Waals surface area (Å²) < 4.78 is 33.3. The molecule has 1 aliphatic rings. The fourth-order valence-corrected chi connectivity index (χ4v) is 4.23. The number of ether oxygens (including phenoxy) is 3. The Morgan fingerprint density at radius 1 is 1.03 bits per heavy atom. The molecule has 3 aromatic carbocycles. The summed E-state index contributed by atoms with van der Waals surface area (Å²) in [5, 5.41) is 12.5. The molecule has 0 saturated carbocycles. The fraction of sp³-hybridized carbons (Fsp3) is 0.148. The highest BCUT2D eigenvalue weighted by Gasteiger charge is 2.23. The molecule has 0 saturated heterocycles. The monoisotopic (exact) mass is 504 g/mol. The van der Waals surface area contributed by atoms with Crippen molar-refractivity contribution in [3.8, 4) is 28.4 Å². The van der Waals surface area contributed by atoms with Gasteiger partial charge < -0.3 is 24.6 Å². The van der Waals surface area contributed by atoms with E-state index < -0.39 is 17.7 Å². The summed E-state index contributed by atoms with van der Waals surface area (Å²) in [6, 6.07) is 11.9. The van der Waals surface area contributed by atoms with Crippen molar-refractivity contribution in [1.82, 2.24) is 4.57 Å². The maximum absolute atomic E-state index is 15.7. The lowest BCUT2D eigenvalue weighted by atomic mass is 10.00. The van der Waals surface area contributed by atoms with Crippen LogP contribution < -0.4 is 19.5 Å². The number of benzene rings is 3. The normalized spacial score (nSPS) is 12.3. The second kappa shape index (κ2) is 9.30. The van der Waals surface area contributed by atoms with Gasteiger partial charge in [-0.05, 0) is 48.0 Å². The summed E-state index contributed by atoms with van der Waals surface area (Å²) in [4.78, 5) is 37.3. The first kappa shape index (κ1) is 23.9. The van der Waals surface area contributed by atoms with Crippen LogP contribution in [-0.4, -0.2) is 47.8 Å². The Balaban J connectivity index is 1.59. The molecule has 4 aromatic rings. The molecule has 0 spiro atoms. The van der Waals surface area contributed by atoms with Crippen molar-refractivity contribution >= 4 is 34.4 Å². The van der Waals surface area contributed by atoms with Crippen molar-refractivity contribution in [3.05, 3.63) is 71.7 Å². The highest BCUT2D eigenvalue weighted by molar-refractivity contribution is 6.15. The van der Waals surface area contributed by atoms with Crippen LogP contribution in [-0.2, 0) is 0 Å². The molecule has 1 amide bonds. The van der Waals surface area contributed by atoms with Crippen LogP contribution in [0.1, 0.15) is 32.4 Å². The number of fused-ring (bicyclic) bond motifs is 2. The van der Waals surface area contributed by atoms with Gasteiger partial charge in [0.1, 0.15) is 19.0 Å². The number of aromatic carboxylic acids is 1. The second-order valence-electron chi connectivity index (χ2n) is 8.32. The number of carbonyl (C=O) groups excluding carboxylic acids is 2. The number of aromatic nitrogens is 1. The number of hydrogen-bond acceptors (Lipinski definition) is 6.